The first-order chi connectivity index (χ1) is 14.2. The Morgan fingerprint density at radius 2 is 1.93 bits per heavy atom. The number of amides is 1. The summed E-state index contributed by atoms with van der Waals surface area (Å²) in [6.07, 6.45) is 4.01. The fourth-order valence-corrected chi connectivity index (χ4v) is 5.82. The number of rotatable bonds is 6. The van der Waals surface area contributed by atoms with Gasteiger partial charge in [0.2, 0.25) is 5.91 Å². The Morgan fingerprint density at radius 3 is 2.66 bits per heavy atom. The van der Waals surface area contributed by atoms with Crippen LogP contribution in [0, 0.1) is 0 Å². The van der Waals surface area contributed by atoms with Crippen LogP contribution < -0.4 is 0 Å². The van der Waals surface area contributed by atoms with E-state index in [2.05, 4.69) is 29.2 Å². The van der Waals surface area contributed by atoms with E-state index >= 15 is 0 Å². The van der Waals surface area contributed by atoms with E-state index in [1.54, 1.807) is 23.1 Å². The number of carbonyl (C=O) groups is 1. The van der Waals surface area contributed by atoms with E-state index in [1.807, 2.05) is 46.8 Å². The number of thioether (sulfide) groups is 1. The van der Waals surface area contributed by atoms with Crippen LogP contribution >= 0.6 is 34.7 Å². The lowest BCUT2D eigenvalue weighted by Gasteiger charge is -2.32. The van der Waals surface area contributed by atoms with Crippen LogP contribution in [0.1, 0.15) is 40.1 Å². The molecule has 2 aromatic carbocycles. The molecule has 0 spiro atoms. The third kappa shape index (κ3) is 5.21. The second-order valence-electron chi connectivity index (χ2n) is 7.20. The lowest BCUT2D eigenvalue weighted by atomic mass is 9.99. The van der Waals surface area contributed by atoms with Gasteiger partial charge >= 0.3 is 0 Å². The van der Waals surface area contributed by atoms with Gasteiger partial charge in [-0.1, -0.05) is 54.1 Å². The van der Waals surface area contributed by atoms with E-state index in [-0.39, 0.29) is 11.2 Å². The molecule has 29 heavy (non-hydrogen) atoms. The highest BCUT2D eigenvalue weighted by Gasteiger charge is 2.27. The van der Waals surface area contributed by atoms with Gasteiger partial charge in [-0.2, -0.15) is 0 Å². The average Bonchev–Trinajstić information content (AvgIpc) is 3.31. The summed E-state index contributed by atoms with van der Waals surface area (Å²) < 4.78 is 0. The number of benzene rings is 2. The van der Waals surface area contributed by atoms with Crippen LogP contribution in [0.5, 0.6) is 0 Å². The first-order valence-corrected chi connectivity index (χ1v) is 12.1. The zero-order valence-electron chi connectivity index (χ0n) is 16.0. The number of aromatic nitrogens is 1. The van der Waals surface area contributed by atoms with E-state index in [9.17, 15) is 4.79 Å². The van der Waals surface area contributed by atoms with E-state index in [0.717, 1.165) is 41.5 Å². The summed E-state index contributed by atoms with van der Waals surface area (Å²) in [7, 11) is 0. The maximum atomic E-state index is 13.0. The minimum absolute atomic E-state index is 0.108. The summed E-state index contributed by atoms with van der Waals surface area (Å²) in [6.45, 7) is 1.63. The molecule has 3 aromatic rings. The highest BCUT2D eigenvalue weighted by molar-refractivity contribution is 8.00. The highest BCUT2D eigenvalue weighted by Crippen LogP contribution is 2.36. The van der Waals surface area contributed by atoms with Gasteiger partial charge in [0.15, 0.2) is 0 Å². The van der Waals surface area contributed by atoms with Crippen LogP contribution in [-0.2, 0) is 4.79 Å². The average molecular weight is 443 g/mol. The monoisotopic (exact) mass is 442 g/mol. The molecule has 1 aromatic heterocycles. The molecule has 2 heterocycles. The lowest BCUT2D eigenvalue weighted by molar-refractivity contribution is -0.129. The minimum atomic E-state index is 0.108. The summed E-state index contributed by atoms with van der Waals surface area (Å²) in [6, 6.07) is 18.3. The van der Waals surface area contributed by atoms with Crippen molar-refractivity contribution in [3.63, 3.8) is 0 Å². The van der Waals surface area contributed by atoms with Gasteiger partial charge in [0.05, 0.1) is 16.0 Å². The zero-order chi connectivity index (χ0) is 20.1. The summed E-state index contributed by atoms with van der Waals surface area (Å²) in [5.74, 6) is 1.05. The minimum Gasteiger partial charge on any atom is -0.341 e. The zero-order valence-corrected chi connectivity index (χ0v) is 18.4. The highest BCUT2D eigenvalue weighted by atomic mass is 35.5. The lowest BCUT2D eigenvalue weighted by Crippen LogP contribution is -2.40. The summed E-state index contributed by atoms with van der Waals surface area (Å²) in [4.78, 5) is 19.5. The molecule has 2 atom stereocenters. The summed E-state index contributed by atoms with van der Waals surface area (Å²) in [5.41, 5.74) is 2.37. The van der Waals surface area contributed by atoms with Crippen molar-refractivity contribution in [3.05, 3.63) is 87.3 Å². The maximum Gasteiger partial charge on any atom is 0.232 e. The van der Waals surface area contributed by atoms with Crippen LogP contribution in [0.3, 0.4) is 0 Å². The van der Waals surface area contributed by atoms with Crippen molar-refractivity contribution in [3.8, 4) is 0 Å². The van der Waals surface area contributed by atoms with Crippen molar-refractivity contribution in [2.45, 2.75) is 24.0 Å². The Morgan fingerprint density at radius 1 is 1.17 bits per heavy atom. The standard InChI is InChI=1S/C23H23ClN2OS2/c24-20-10-8-18(9-11-20)22(17-5-2-1-3-6-17)29-16-21(27)26-13-4-7-19(15-26)23-25-12-14-28-23/h1-3,5-6,8-12,14,19,22H,4,7,13,15-16H2. The molecule has 0 radical (unpaired) electrons. The molecule has 1 saturated heterocycles. The van der Waals surface area contributed by atoms with Crippen LogP contribution in [0.4, 0.5) is 0 Å². The van der Waals surface area contributed by atoms with E-state index in [4.69, 9.17) is 11.6 Å². The molecule has 150 valence electrons. The number of carbonyl (C=O) groups excluding carboxylic acids is 1. The Balaban J connectivity index is 1.44. The van der Waals surface area contributed by atoms with Crippen molar-refractivity contribution < 1.29 is 4.79 Å². The largest absolute Gasteiger partial charge is 0.341 e. The molecule has 1 aliphatic heterocycles. The number of likely N-dealkylation sites (tertiary alicyclic amines) is 1. The third-order valence-corrected chi connectivity index (χ3v) is 7.70. The van der Waals surface area contributed by atoms with Crippen molar-refractivity contribution in [2.75, 3.05) is 18.8 Å². The normalized spacial score (nSPS) is 17.8. The van der Waals surface area contributed by atoms with Gasteiger partial charge in [0.25, 0.3) is 0 Å². The van der Waals surface area contributed by atoms with Crippen LogP contribution in [0.15, 0.2) is 66.2 Å². The number of halogens is 1. The molecule has 3 nitrogen and oxygen atoms in total. The number of thiazole rings is 1. The number of hydrogen-bond acceptors (Lipinski definition) is 4. The first-order valence-electron chi connectivity index (χ1n) is 9.80. The van der Waals surface area contributed by atoms with Gasteiger partial charge in [-0.05, 0) is 36.1 Å². The smallest absolute Gasteiger partial charge is 0.232 e. The molecule has 1 amide bonds. The quantitative estimate of drug-likeness (QED) is 0.467. The van der Waals surface area contributed by atoms with Crippen molar-refractivity contribution in [1.29, 1.82) is 0 Å². The molecule has 0 N–H and O–H groups in total. The molecular weight excluding hydrogens is 420 g/mol. The third-order valence-electron chi connectivity index (χ3n) is 5.22. The molecule has 4 rings (SSSR count). The molecule has 1 fully saturated rings. The SMILES string of the molecule is O=C(CSC(c1ccccc1)c1ccc(Cl)cc1)N1CCCC(c2nccs2)C1. The predicted octanol–water partition coefficient (Wildman–Crippen LogP) is 6.03. The van der Waals surface area contributed by atoms with E-state index in [0.29, 0.717) is 11.7 Å². The fourth-order valence-electron chi connectivity index (χ4n) is 3.74. The van der Waals surface area contributed by atoms with Gasteiger partial charge in [-0.25, -0.2) is 4.98 Å². The molecule has 0 saturated carbocycles. The van der Waals surface area contributed by atoms with E-state index < -0.39 is 0 Å². The molecule has 0 bridgehead atoms. The Labute approximate surface area is 185 Å². The van der Waals surface area contributed by atoms with Crippen molar-refractivity contribution in [2.24, 2.45) is 0 Å². The van der Waals surface area contributed by atoms with Gasteiger partial charge < -0.3 is 4.90 Å². The predicted molar refractivity (Wildman–Crippen MR) is 123 cm³/mol. The van der Waals surface area contributed by atoms with Crippen molar-refractivity contribution in [1.82, 2.24) is 9.88 Å². The Hall–Kier alpha value is -1.82. The first kappa shape index (κ1) is 20.5. The topological polar surface area (TPSA) is 33.2 Å². The van der Waals surface area contributed by atoms with Gasteiger partial charge in [-0.15, -0.1) is 23.1 Å². The number of piperidine rings is 1. The number of hydrogen-bond donors (Lipinski definition) is 0. The second-order valence-corrected chi connectivity index (χ2v) is 9.66. The Kier molecular flexibility index (Phi) is 6.90. The molecule has 0 aliphatic carbocycles. The van der Waals surface area contributed by atoms with E-state index in [1.165, 1.54) is 5.56 Å². The van der Waals surface area contributed by atoms with Gasteiger partial charge in [0, 0.05) is 35.6 Å². The van der Waals surface area contributed by atoms with Crippen LogP contribution in [0.2, 0.25) is 5.02 Å². The van der Waals surface area contributed by atoms with Crippen molar-refractivity contribution >= 4 is 40.6 Å². The molecular formula is C23H23ClN2OS2. The Bertz CT molecular complexity index is 916. The van der Waals surface area contributed by atoms with Crippen LogP contribution in [-0.4, -0.2) is 34.6 Å². The van der Waals surface area contributed by atoms with Crippen LogP contribution in [0.25, 0.3) is 0 Å². The molecule has 2 unspecified atom stereocenters. The summed E-state index contributed by atoms with van der Waals surface area (Å²) in [5, 5.41) is 4.00. The fraction of sp³-hybridized carbons (Fsp3) is 0.304. The summed E-state index contributed by atoms with van der Waals surface area (Å²) >= 11 is 9.45. The number of nitrogens with zero attached hydrogens (tertiary/aromatic N) is 2. The molecule has 1 aliphatic rings. The van der Waals surface area contributed by atoms with Gasteiger partial charge in [-0.3, -0.25) is 4.79 Å². The maximum absolute atomic E-state index is 13.0. The second kappa shape index (κ2) is 9.79. The van der Waals surface area contributed by atoms with Gasteiger partial charge in [0.1, 0.15) is 0 Å². The molecule has 6 heteroatoms.